The van der Waals surface area contributed by atoms with E-state index in [1.165, 1.54) is 36.1 Å². The first kappa shape index (κ1) is 11.3. The molecule has 0 aromatic heterocycles. The van der Waals surface area contributed by atoms with E-state index >= 15 is 0 Å². The molecule has 1 fully saturated rings. The third kappa shape index (κ3) is 2.01. The van der Waals surface area contributed by atoms with Crippen LogP contribution in [0.1, 0.15) is 37.3 Å². The summed E-state index contributed by atoms with van der Waals surface area (Å²) in [6, 6.07) is 4.97. The molecule has 2 nitrogen and oxygen atoms in total. The highest BCUT2D eigenvalue weighted by Crippen LogP contribution is 2.31. The minimum absolute atomic E-state index is 0.623. The van der Waals surface area contributed by atoms with Crippen LogP contribution in [0.2, 0.25) is 0 Å². The minimum atomic E-state index is 0.623. The van der Waals surface area contributed by atoms with E-state index in [2.05, 4.69) is 37.8 Å². The lowest BCUT2D eigenvalue weighted by Crippen LogP contribution is -2.37. The second-order valence-electron chi connectivity index (χ2n) is 5.03. The van der Waals surface area contributed by atoms with Crippen LogP contribution in [0, 0.1) is 13.8 Å². The zero-order valence-electron chi connectivity index (χ0n) is 10.6. The Hall–Kier alpha value is -1.18. The van der Waals surface area contributed by atoms with E-state index < -0.39 is 0 Å². The molecule has 0 unspecified atom stereocenters. The van der Waals surface area contributed by atoms with Crippen molar-refractivity contribution in [1.82, 2.24) is 0 Å². The number of rotatable bonds is 1. The predicted octanol–water partition coefficient (Wildman–Crippen LogP) is 3.26. The lowest BCUT2D eigenvalue weighted by Gasteiger charge is -2.36. The number of nitrogen functional groups attached to an aromatic ring is 1. The van der Waals surface area contributed by atoms with Crippen molar-refractivity contribution in [1.29, 1.82) is 0 Å². The van der Waals surface area contributed by atoms with Crippen molar-refractivity contribution in [3.63, 3.8) is 0 Å². The van der Waals surface area contributed by atoms with Gasteiger partial charge >= 0.3 is 0 Å². The predicted molar refractivity (Wildman–Crippen MR) is 71.0 cm³/mol. The van der Waals surface area contributed by atoms with Gasteiger partial charge in [-0.2, -0.15) is 0 Å². The highest BCUT2D eigenvalue weighted by Gasteiger charge is 2.20. The summed E-state index contributed by atoms with van der Waals surface area (Å²) >= 11 is 0. The minimum Gasteiger partial charge on any atom is -0.397 e. The van der Waals surface area contributed by atoms with Crippen LogP contribution >= 0.6 is 0 Å². The molecule has 0 bridgehead atoms. The smallest absolute Gasteiger partial charge is 0.0605 e. The van der Waals surface area contributed by atoms with Gasteiger partial charge in [0.2, 0.25) is 0 Å². The molecule has 1 atom stereocenters. The molecule has 1 aromatic rings. The highest BCUT2D eigenvalue weighted by molar-refractivity contribution is 5.70. The lowest BCUT2D eigenvalue weighted by molar-refractivity contribution is 0.485. The maximum Gasteiger partial charge on any atom is 0.0605 e. The number of aryl methyl sites for hydroxylation is 2. The van der Waals surface area contributed by atoms with Crippen molar-refractivity contribution in [2.75, 3.05) is 17.2 Å². The molecular formula is C14H22N2. The van der Waals surface area contributed by atoms with Gasteiger partial charge in [0.05, 0.1) is 11.4 Å². The maximum absolute atomic E-state index is 6.14. The number of piperidine rings is 1. The van der Waals surface area contributed by atoms with Gasteiger partial charge in [0.25, 0.3) is 0 Å². The topological polar surface area (TPSA) is 29.3 Å². The van der Waals surface area contributed by atoms with E-state index in [4.69, 9.17) is 5.73 Å². The Kier molecular flexibility index (Phi) is 3.08. The molecule has 16 heavy (non-hydrogen) atoms. The van der Waals surface area contributed by atoms with Crippen molar-refractivity contribution >= 4 is 11.4 Å². The first-order valence-corrected chi connectivity index (χ1v) is 6.23. The summed E-state index contributed by atoms with van der Waals surface area (Å²) in [6.07, 6.45) is 3.92. The average Bonchev–Trinajstić information content (AvgIpc) is 2.25. The molecule has 2 N–H and O–H groups in total. The van der Waals surface area contributed by atoms with Crippen LogP contribution in [0.25, 0.3) is 0 Å². The number of nitrogens with zero attached hydrogens (tertiary/aromatic N) is 1. The third-order valence-corrected chi connectivity index (χ3v) is 3.76. The van der Waals surface area contributed by atoms with E-state index in [9.17, 15) is 0 Å². The van der Waals surface area contributed by atoms with Gasteiger partial charge in [0.1, 0.15) is 0 Å². The van der Waals surface area contributed by atoms with Crippen LogP contribution in [0.5, 0.6) is 0 Å². The lowest BCUT2D eigenvalue weighted by atomic mass is 10.0. The summed E-state index contributed by atoms with van der Waals surface area (Å²) < 4.78 is 0. The van der Waals surface area contributed by atoms with E-state index in [-0.39, 0.29) is 0 Å². The monoisotopic (exact) mass is 218 g/mol. The van der Waals surface area contributed by atoms with Gasteiger partial charge in [-0.3, -0.25) is 0 Å². The van der Waals surface area contributed by atoms with E-state index in [1.807, 2.05) is 0 Å². The Bertz CT molecular complexity index is 385. The quantitative estimate of drug-likeness (QED) is 0.733. The fourth-order valence-corrected chi connectivity index (χ4v) is 2.53. The van der Waals surface area contributed by atoms with Gasteiger partial charge in [-0.15, -0.1) is 0 Å². The average molecular weight is 218 g/mol. The molecule has 0 radical (unpaired) electrons. The molecular weight excluding hydrogens is 196 g/mol. The number of benzene rings is 1. The summed E-state index contributed by atoms with van der Waals surface area (Å²) in [6.45, 7) is 7.73. The molecule has 0 saturated carbocycles. The Morgan fingerprint density at radius 1 is 1.19 bits per heavy atom. The third-order valence-electron chi connectivity index (χ3n) is 3.76. The van der Waals surface area contributed by atoms with Gasteiger partial charge in [-0.1, -0.05) is 0 Å². The Labute approximate surface area is 98.4 Å². The summed E-state index contributed by atoms with van der Waals surface area (Å²) in [7, 11) is 0. The largest absolute Gasteiger partial charge is 0.397 e. The summed E-state index contributed by atoms with van der Waals surface area (Å²) in [4.78, 5) is 2.46. The van der Waals surface area contributed by atoms with Gasteiger partial charge < -0.3 is 10.6 Å². The molecule has 1 aliphatic rings. The summed E-state index contributed by atoms with van der Waals surface area (Å²) in [5, 5.41) is 0. The Morgan fingerprint density at radius 3 is 2.56 bits per heavy atom. The van der Waals surface area contributed by atoms with Crippen LogP contribution in [0.4, 0.5) is 11.4 Å². The van der Waals surface area contributed by atoms with Crippen molar-refractivity contribution in [2.45, 2.75) is 46.1 Å². The molecule has 88 valence electrons. The Morgan fingerprint density at radius 2 is 1.88 bits per heavy atom. The first-order valence-electron chi connectivity index (χ1n) is 6.23. The zero-order valence-corrected chi connectivity index (χ0v) is 10.6. The fourth-order valence-electron chi connectivity index (χ4n) is 2.53. The van der Waals surface area contributed by atoms with Crippen molar-refractivity contribution in [3.8, 4) is 0 Å². The van der Waals surface area contributed by atoms with Crippen LogP contribution in [-0.2, 0) is 0 Å². The van der Waals surface area contributed by atoms with Gasteiger partial charge in [-0.25, -0.2) is 0 Å². The molecule has 1 aromatic carbocycles. The SMILES string of the molecule is Cc1cc(N)c(N2CCCC[C@@H]2C)cc1C. The second-order valence-corrected chi connectivity index (χ2v) is 5.03. The van der Waals surface area contributed by atoms with E-state index in [0.29, 0.717) is 6.04 Å². The van der Waals surface area contributed by atoms with E-state index in [1.54, 1.807) is 0 Å². The van der Waals surface area contributed by atoms with E-state index in [0.717, 1.165) is 12.2 Å². The first-order chi connectivity index (χ1) is 7.59. The van der Waals surface area contributed by atoms with Crippen LogP contribution in [0.3, 0.4) is 0 Å². The molecule has 2 rings (SSSR count). The van der Waals surface area contributed by atoms with Crippen LogP contribution in [0.15, 0.2) is 12.1 Å². The van der Waals surface area contributed by atoms with Crippen molar-refractivity contribution < 1.29 is 0 Å². The van der Waals surface area contributed by atoms with Crippen LogP contribution < -0.4 is 10.6 Å². The van der Waals surface area contributed by atoms with Gasteiger partial charge in [0, 0.05) is 12.6 Å². The highest BCUT2D eigenvalue weighted by atomic mass is 15.2. The molecule has 1 saturated heterocycles. The molecule has 1 aliphatic heterocycles. The summed E-state index contributed by atoms with van der Waals surface area (Å²) in [5.74, 6) is 0. The number of anilines is 2. The number of hydrogen-bond acceptors (Lipinski definition) is 2. The van der Waals surface area contributed by atoms with Crippen molar-refractivity contribution in [2.24, 2.45) is 0 Å². The number of nitrogens with two attached hydrogens (primary N) is 1. The normalized spacial score (nSPS) is 21.2. The fraction of sp³-hybridized carbons (Fsp3) is 0.571. The summed E-state index contributed by atoms with van der Waals surface area (Å²) in [5.41, 5.74) is 10.9. The molecule has 2 heteroatoms. The standard InChI is InChI=1S/C14H22N2/c1-10-8-13(15)14(9-11(10)2)16-7-5-4-6-12(16)3/h8-9,12H,4-7,15H2,1-3H3/t12-/m0/s1. The van der Waals surface area contributed by atoms with Crippen molar-refractivity contribution in [3.05, 3.63) is 23.3 Å². The Balaban J connectivity index is 2.35. The molecule has 0 amide bonds. The maximum atomic E-state index is 6.14. The number of hydrogen-bond donors (Lipinski definition) is 1. The molecule has 1 heterocycles. The second kappa shape index (κ2) is 4.36. The zero-order chi connectivity index (χ0) is 11.7. The van der Waals surface area contributed by atoms with Gasteiger partial charge in [-0.05, 0) is 63.3 Å². The molecule has 0 aliphatic carbocycles. The molecule has 0 spiro atoms. The van der Waals surface area contributed by atoms with Gasteiger partial charge in [0.15, 0.2) is 0 Å². The van der Waals surface area contributed by atoms with Crippen LogP contribution in [-0.4, -0.2) is 12.6 Å².